The van der Waals surface area contributed by atoms with Crippen molar-refractivity contribution in [3.8, 4) is 0 Å². The van der Waals surface area contributed by atoms with Crippen LogP contribution in [0.2, 0.25) is 5.28 Å². The number of hydrogen-bond donors (Lipinski definition) is 1. The van der Waals surface area contributed by atoms with E-state index in [1.54, 1.807) is 4.90 Å². The van der Waals surface area contributed by atoms with Gasteiger partial charge in [-0.15, -0.1) is 0 Å². The minimum atomic E-state index is 0.000855. The van der Waals surface area contributed by atoms with E-state index in [0.29, 0.717) is 25.0 Å². The lowest BCUT2D eigenvalue weighted by molar-refractivity contribution is -0.128. The van der Waals surface area contributed by atoms with Crippen LogP contribution in [-0.4, -0.2) is 58.5 Å². The zero-order valence-corrected chi connectivity index (χ0v) is 13.8. The summed E-state index contributed by atoms with van der Waals surface area (Å²) in [6, 6.07) is 0. The van der Waals surface area contributed by atoms with Gasteiger partial charge in [0.15, 0.2) is 0 Å². The molecule has 0 fully saturated rings. The summed E-state index contributed by atoms with van der Waals surface area (Å²) in [4.78, 5) is 28.0. The molecule has 0 unspecified atom stereocenters. The molecule has 0 aliphatic carbocycles. The van der Waals surface area contributed by atoms with Crippen LogP contribution in [0, 0.1) is 0 Å². The molecule has 21 heavy (non-hydrogen) atoms. The second-order valence-electron chi connectivity index (χ2n) is 4.32. The van der Waals surface area contributed by atoms with Crippen LogP contribution in [0.5, 0.6) is 0 Å². The van der Waals surface area contributed by atoms with Crippen molar-refractivity contribution in [3.63, 3.8) is 0 Å². The number of likely N-dealkylation sites (N-methyl/N-ethyl adjacent to an activating group) is 1. The maximum atomic E-state index is 11.9. The molecule has 1 heterocycles. The van der Waals surface area contributed by atoms with Crippen LogP contribution in [0.4, 0.5) is 11.9 Å². The van der Waals surface area contributed by atoms with Crippen molar-refractivity contribution >= 4 is 29.4 Å². The third-order valence-corrected chi connectivity index (χ3v) is 3.33. The predicted octanol–water partition coefficient (Wildman–Crippen LogP) is 1.65. The van der Waals surface area contributed by atoms with E-state index in [2.05, 4.69) is 20.3 Å². The molecule has 0 atom stereocenters. The molecule has 8 heteroatoms. The fourth-order valence-electron chi connectivity index (χ4n) is 1.91. The second kappa shape index (κ2) is 8.61. The predicted molar refractivity (Wildman–Crippen MR) is 84.8 cm³/mol. The van der Waals surface area contributed by atoms with E-state index >= 15 is 0 Å². The monoisotopic (exact) mass is 314 g/mol. The number of nitrogens with zero attached hydrogens (tertiary/aromatic N) is 5. The van der Waals surface area contributed by atoms with Gasteiger partial charge in [0.1, 0.15) is 0 Å². The largest absolute Gasteiger partial charge is 0.345 e. The summed E-state index contributed by atoms with van der Waals surface area (Å²) in [5.74, 6) is 0.830. The van der Waals surface area contributed by atoms with Gasteiger partial charge in [-0.2, -0.15) is 15.0 Å². The lowest BCUT2D eigenvalue weighted by Crippen LogP contribution is -2.35. The van der Waals surface area contributed by atoms with Crippen LogP contribution in [0.15, 0.2) is 0 Å². The molecule has 0 saturated carbocycles. The number of carbonyl (C=O) groups excluding carboxylic acids is 1. The van der Waals surface area contributed by atoms with Crippen molar-refractivity contribution in [1.82, 2.24) is 19.9 Å². The molecule has 0 bridgehead atoms. The maximum absolute atomic E-state index is 11.9. The number of nitrogens with one attached hydrogen (secondary N) is 1. The van der Waals surface area contributed by atoms with Crippen LogP contribution in [-0.2, 0) is 4.79 Å². The normalized spacial score (nSPS) is 10.3. The number of rotatable bonds is 8. The van der Waals surface area contributed by atoms with Gasteiger partial charge in [-0.25, -0.2) is 0 Å². The van der Waals surface area contributed by atoms with Gasteiger partial charge in [-0.1, -0.05) is 0 Å². The van der Waals surface area contributed by atoms with Crippen LogP contribution in [0.1, 0.15) is 27.7 Å². The van der Waals surface area contributed by atoms with Gasteiger partial charge in [0.2, 0.25) is 23.1 Å². The third-order valence-electron chi connectivity index (χ3n) is 3.16. The van der Waals surface area contributed by atoms with Crippen LogP contribution in [0.25, 0.3) is 0 Å². The number of hydrogen-bond acceptors (Lipinski definition) is 6. The molecular formula is C13H23ClN6O. The van der Waals surface area contributed by atoms with Gasteiger partial charge in [0.05, 0.1) is 6.54 Å². The average molecular weight is 315 g/mol. The number of amides is 1. The van der Waals surface area contributed by atoms with E-state index in [1.165, 1.54) is 0 Å². The minimum Gasteiger partial charge on any atom is -0.345 e. The summed E-state index contributed by atoms with van der Waals surface area (Å²) in [5.41, 5.74) is 0. The molecule has 1 aromatic rings. The number of aromatic nitrogens is 3. The minimum absolute atomic E-state index is 0.000855. The van der Waals surface area contributed by atoms with Crippen molar-refractivity contribution < 1.29 is 4.79 Å². The molecule has 1 amide bonds. The highest BCUT2D eigenvalue weighted by Gasteiger charge is 2.13. The number of anilines is 2. The van der Waals surface area contributed by atoms with E-state index in [0.717, 1.165) is 13.1 Å². The van der Waals surface area contributed by atoms with E-state index < -0.39 is 0 Å². The van der Waals surface area contributed by atoms with Crippen LogP contribution >= 0.6 is 11.6 Å². The Morgan fingerprint density at radius 3 is 2.19 bits per heavy atom. The average Bonchev–Trinajstić information content (AvgIpc) is 2.47. The lowest BCUT2D eigenvalue weighted by Gasteiger charge is -2.20. The summed E-state index contributed by atoms with van der Waals surface area (Å²) in [7, 11) is 0. The third kappa shape index (κ3) is 5.00. The van der Waals surface area contributed by atoms with E-state index in [4.69, 9.17) is 11.6 Å². The molecule has 1 N–H and O–H groups in total. The van der Waals surface area contributed by atoms with E-state index in [-0.39, 0.29) is 17.7 Å². The van der Waals surface area contributed by atoms with Crippen molar-refractivity contribution in [3.05, 3.63) is 5.28 Å². The first-order valence-electron chi connectivity index (χ1n) is 7.23. The Bertz CT molecular complexity index is 462. The second-order valence-corrected chi connectivity index (χ2v) is 4.66. The first-order valence-corrected chi connectivity index (χ1v) is 7.61. The summed E-state index contributed by atoms with van der Waals surface area (Å²) >= 11 is 5.92. The SMILES string of the molecule is CCN(CC)C(=O)CNc1nc(Cl)nc(N(CC)CC)n1. The lowest BCUT2D eigenvalue weighted by atomic mass is 10.4. The quantitative estimate of drug-likeness (QED) is 0.786. The molecule has 1 rings (SSSR count). The smallest absolute Gasteiger partial charge is 0.241 e. The van der Waals surface area contributed by atoms with Gasteiger partial charge in [0.25, 0.3) is 0 Å². The fraction of sp³-hybridized carbons (Fsp3) is 0.692. The highest BCUT2D eigenvalue weighted by atomic mass is 35.5. The highest BCUT2D eigenvalue weighted by Crippen LogP contribution is 2.13. The zero-order chi connectivity index (χ0) is 15.8. The first-order chi connectivity index (χ1) is 10.0. The Labute approximate surface area is 130 Å². The van der Waals surface area contributed by atoms with Crippen molar-refractivity contribution in [2.75, 3.05) is 42.9 Å². The molecule has 7 nitrogen and oxygen atoms in total. The highest BCUT2D eigenvalue weighted by molar-refractivity contribution is 6.28. The fourth-order valence-corrected chi connectivity index (χ4v) is 2.06. The molecule has 0 aliphatic heterocycles. The van der Waals surface area contributed by atoms with Crippen molar-refractivity contribution in [1.29, 1.82) is 0 Å². The first kappa shape index (κ1) is 17.4. The summed E-state index contributed by atoms with van der Waals surface area (Å²) in [5, 5.41) is 3.03. The van der Waals surface area contributed by atoms with Gasteiger partial charge >= 0.3 is 0 Å². The number of halogens is 1. The molecule has 0 aromatic carbocycles. The summed E-state index contributed by atoms with van der Waals surface area (Å²) in [6.07, 6.45) is 0. The Kier molecular flexibility index (Phi) is 7.14. The van der Waals surface area contributed by atoms with Crippen molar-refractivity contribution in [2.24, 2.45) is 0 Å². The maximum Gasteiger partial charge on any atom is 0.241 e. The van der Waals surface area contributed by atoms with Gasteiger partial charge < -0.3 is 15.1 Å². The Morgan fingerprint density at radius 2 is 1.67 bits per heavy atom. The molecular weight excluding hydrogens is 292 g/mol. The zero-order valence-electron chi connectivity index (χ0n) is 13.1. The van der Waals surface area contributed by atoms with Crippen molar-refractivity contribution in [2.45, 2.75) is 27.7 Å². The number of carbonyl (C=O) groups is 1. The van der Waals surface area contributed by atoms with Gasteiger partial charge in [0, 0.05) is 26.2 Å². The molecule has 0 radical (unpaired) electrons. The molecule has 1 aromatic heterocycles. The van der Waals surface area contributed by atoms with Gasteiger partial charge in [-0.3, -0.25) is 4.79 Å². The molecule has 0 saturated heterocycles. The topological polar surface area (TPSA) is 74.2 Å². The Hall–Kier alpha value is -1.63. The summed E-state index contributed by atoms with van der Waals surface area (Å²) < 4.78 is 0. The van der Waals surface area contributed by atoms with E-state index in [1.807, 2.05) is 32.6 Å². The Morgan fingerprint density at radius 1 is 1.05 bits per heavy atom. The molecule has 118 valence electrons. The Balaban J connectivity index is 2.77. The van der Waals surface area contributed by atoms with Crippen LogP contribution in [0.3, 0.4) is 0 Å². The summed E-state index contributed by atoms with van der Waals surface area (Å²) in [6.45, 7) is 11.0. The van der Waals surface area contributed by atoms with Gasteiger partial charge in [-0.05, 0) is 39.3 Å². The molecule has 0 aliphatic rings. The standard InChI is InChI=1S/C13H23ClN6O/c1-5-19(6-2)10(21)9-15-12-16-11(14)17-13(18-12)20(7-3)8-4/h5-9H2,1-4H3,(H,15,16,17,18). The van der Waals surface area contributed by atoms with E-state index in [9.17, 15) is 4.79 Å². The molecule has 0 spiro atoms. The van der Waals surface area contributed by atoms with Crippen LogP contribution < -0.4 is 10.2 Å².